The van der Waals surface area contributed by atoms with Crippen LogP contribution in [0, 0.1) is 17.2 Å². The monoisotopic (exact) mass is 308 g/mol. The van der Waals surface area contributed by atoms with Gasteiger partial charge in [0.2, 0.25) is 0 Å². The van der Waals surface area contributed by atoms with Crippen LogP contribution in [0.15, 0.2) is 48.5 Å². The molecule has 2 aromatic rings. The smallest absolute Gasteiger partial charge is 0.251 e. The van der Waals surface area contributed by atoms with Crippen LogP contribution in [0.2, 0.25) is 0 Å². The average molecular weight is 308 g/mol. The van der Waals surface area contributed by atoms with Crippen molar-refractivity contribution < 1.29 is 9.53 Å². The second kappa shape index (κ2) is 8.00. The molecule has 2 aromatic carbocycles. The predicted molar refractivity (Wildman–Crippen MR) is 89.1 cm³/mol. The molecule has 0 aliphatic rings. The van der Waals surface area contributed by atoms with E-state index in [1.807, 2.05) is 12.1 Å². The minimum absolute atomic E-state index is 0.164. The highest BCUT2D eigenvalue weighted by molar-refractivity contribution is 5.94. The summed E-state index contributed by atoms with van der Waals surface area (Å²) in [4.78, 5) is 12.2. The van der Waals surface area contributed by atoms with E-state index in [1.165, 1.54) is 0 Å². The summed E-state index contributed by atoms with van der Waals surface area (Å²) in [6.45, 7) is 5.15. The van der Waals surface area contributed by atoms with Gasteiger partial charge in [0, 0.05) is 12.1 Å². The van der Waals surface area contributed by atoms with Crippen molar-refractivity contribution in [2.45, 2.75) is 20.4 Å². The van der Waals surface area contributed by atoms with Crippen LogP contribution in [0.5, 0.6) is 5.75 Å². The Bertz CT molecular complexity index is 717. The lowest BCUT2D eigenvalue weighted by Crippen LogP contribution is -2.22. The van der Waals surface area contributed by atoms with Gasteiger partial charge in [-0.1, -0.05) is 32.0 Å². The summed E-state index contributed by atoms with van der Waals surface area (Å²) < 4.78 is 5.64. The summed E-state index contributed by atoms with van der Waals surface area (Å²) in [7, 11) is 0. The van der Waals surface area contributed by atoms with Gasteiger partial charge < -0.3 is 10.1 Å². The van der Waals surface area contributed by atoms with Crippen molar-refractivity contribution in [3.05, 3.63) is 65.2 Å². The summed E-state index contributed by atoms with van der Waals surface area (Å²) in [5.41, 5.74) is 2.04. The number of rotatable bonds is 6. The maximum atomic E-state index is 12.2. The fraction of sp³-hybridized carbons (Fsp3) is 0.263. The summed E-state index contributed by atoms with van der Waals surface area (Å²) in [6, 6.07) is 16.4. The molecule has 0 spiro atoms. The molecule has 4 nitrogen and oxygen atoms in total. The molecular weight excluding hydrogens is 288 g/mol. The van der Waals surface area contributed by atoms with Gasteiger partial charge in [-0.3, -0.25) is 4.79 Å². The third-order valence-corrected chi connectivity index (χ3v) is 3.19. The van der Waals surface area contributed by atoms with E-state index in [0.717, 1.165) is 5.56 Å². The van der Waals surface area contributed by atoms with Crippen LogP contribution in [0.3, 0.4) is 0 Å². The van der Waals surface area contributed by atoms with Crippen LogP contribution >= 0.6 is 0 Å². The largest absolute Gasteiger partial charge is 0.493 e. The minimum Gasteiger partial charge on any atom is -0.493 e. The molecule has 0 unspecified atom stereocenters. The van der Waals surface area contributed by atoms with Crippen molar-refractivity contribution in [2.24, 2.45) is 5.92 Å². The zero-order valence-electron chi connectivity index (χ0n) is 13.4. The molecule has 118 valence electrons. The van der Waals surface area contributed by atoms with Crippen molar-refractivity contribution in [3.63, 3.8) is 0 Å². The molecule has 0 heterocycles. The highest BCUT2D eigenvalue weighted by Gasteiger charge is 2.07. The Morgan fingerprint density at radius 1 is 1.22 bits per heavy atom. The maximum Gasteiger partial charge on any atom is 0.251 e. The quantitative estimate of drug-likeness (QED) is 0.888. The first-order valence-electron chi connectivity index (χ1n) is 7.58. The summed E-state index contributed by atoms with van der Waals surface area (Å²) in [6.07, 6.45) is 0. The van der Waals surface area contributed by atoms with Crippen molar-refractivity contribution in [1.82, 2.24) is 5.32 Å². The molecule has 0 bridgehead atoms. The van der Waals surface area contributed by atoms with Crippen molar-refractivity contribution in [3.8, 4) is 11.8 Å². The SMILES string of the molecule is CC(C)COc1cccc(C(=O)NCc2cccc(C#N)c2)c1. The molecular formula is C19H20N2O2. The molecule has 4 heteroatoms. The number of carbonyl (C=O) groups excluding carboxylic acids is 1. The van der Waals surface area contributed by atoms with Crippen LogP contribution in [-0.4, -0.2) is 12.5 Å². The van der Waals surface area contributed by atoms with Gasteiger partial charge >= 0.3 is 0 Å². The van der Waals surface area contributed by atoms with Crippen LogP contribution in [-0.2, 0) is 6.54 Å². The van der Waals surface area contributed by atoms with E-state index >= 15 is 0 Å². The van der Waals surface area contributed by atoms with Crippen molar-refractivity contribution >= 4 is 5.91 Å². The Kier molecular flexibility index (Phi) is 5.76. The average Bonchev–Trinajstić information content (AvgIpc) is 2.58. The number of hydrogen-bond donors (Lipinski definition) is 1. The number of carbonyl (C=O) groups is 1. The maximum absolute atomic E-state index is 12.2. The van der Waals surface area contributed by atoms with Gasteiger partial charge in [-0.15, -0.1) is 0 Å². The van der Waals surface area contributed by atoms with E-state index in [-0.39, 0.29) is 5.91 Å². The lowest BCUT2D eigenvalue weighted by molar-refractivity contribution is 0.0950. The Balaban J connectivity index is 1.97. The first-order chi connectivity index (χ1) is 11.1. The van der Waals surface area contributed by atoms with E-state index in [4.69, 9.17) is 10.00 Å². The highest BCUT2D eigenvalue weighted by Crippen LogP contribution is 2.14. The molecule has 0 aromatic heterocycles. The zero-order valence-corrected chi connectivity index (χ0v) is 13.4. The molecule has 1 amide bonds. The fourth-order valence-electron chi connectivity index (χ4n) is 2.03. The molecule has 0 aliphatic carbocycles. The topological polar surface area (TPSA) is 62.1 Å². The number of benzene rings is 2. The second-order valence-corrected chi connectivity index (χ2v) is 5.73. The first kappa shape index (κ1) is 16.6. The number of nitrogens with zero attached hydrogens (tertiary/aromatic N) is 1. The van der Waals surface area contributed by atoms with Crippen LogP contribution < -0.4 is 10.1 Å². The molecule has 0 atom stereocenters. The van der Waals surface area contributed by atoms with Crippen LogP contribution in [0.25, 0.3) is 0 Å². The van der Waals surface area contributed by atoms with Gasteiger partial charge in [-0.05, 0) is 41.8 Å². The molecule has 0 saturated heterocycles. The summed E-state index contributed by atoms with van der Waals surface area (Å²) in [5, 5.41) is 11.7. The van der Waals surface area contributed by atoms with E-state index in [2.05, 4.69) is 25.2 Å². The van der Waals surface area contributed by atoms with Crippen LogP contribution in [0.4, 0.5) is 0 Å². The normalized spacial score (nSPS) is 10.2. The van der Waals surface area contributed by atoms with E-state index < -0.39 is 0 Å². The van der Waals surface area contributed by atoms with E-state index in [0.29, 0.717) is 35.9 Å². The predicted octanol–water partition coefficient (Wildman–Crippen LogP) is 3.52. The van der Waals surface area contributed by atoms with E-state index in [1.54, 1.807) is 36.4 Å². The van der Waals surface area contributed by atoms with Crippen molar-refractivity contribution in [2.75, 3.05) is 6.61 Å². The summed E-state index contributed by atoms with van der Waals surface area (Å²) >= 11 is 0. The van der Waals surface area contributed by atoms with Gasteiger partial charge in [0.1, 0.15) is 5.75 Å². The Morgan fingerprint density at radius 3 is 2.74 bits per heavy atom. The number of hydrogen-bond acceptors (Lipinski definition) is 3. The molecule has 23 heavy (non-hydrogen) atoms. The Hall–Kier alpha value is -2.80. The van der Waals surface area contributed by atoms with Gasteiger partial charge in [0.15, 0.2) is 0 Å². The second-order valence-electron chi connectivity index (χ2n) is 5.73. The third kappa shape index (κ3) is 5.15. The zero-order chi connectivity index (χ0) is 16.7. The first-order valence-corrected chi connectivity index (χ1v) is 7.58. The highest BCUT2D eigenvalue weighted by atomic mass is 16.5. The van der Waals surface area contributed by atoms with E-state index in [9.17, 15) is 4.79 Å². The van der Waals surface area contributed by atoms with Gasteiger partial charge in [0.25, 0.3) is 5.91 Å². The number of nitriles is 1. The molecule has 1 N–H and O–H groups in total. The lowest BCUT2D eigenvalue weighted by atomic mass is 10.1. The number of amides is 1. The number of ether oxygens (including phenoxy) is 1. The molecule has 0 saturated carbocycles. The fourth-order valence-corrected chi connectivity index (χ4v) is 2.03. The number of nitrogens with one attached hydrogen (secondary N) is 1. The Morgan fingerprint density at radius 2 is 2.00 bits per heavy atom. The van der Waals surface area contributed by atoms with Gasteiger partial charge in [-0.2, -0.15) is 5.26 Å². The lowest BCUT2D eigenvalue weighted by Gasteiger charge is -2.10. The van der Waals surface area contributed by atoms with Crippen molar-refractivity contribution in [1.29, 1.82) is 5.26 Å². The molecule has 0 fully saturated rings. The molecule has 0 radical (unpaired) electrons. The standard InChI is InChI=1S/C19H20N2O2/c1-14(2)13-23-18-8-4-7-17(10-18)19(22)21-12-16-6-3-5-15(9-16)11-20/h3-10,14H,12-13H2,1-2H3,(H,21,22). The molecule has 2 rings (SSSR count). The van der Waals surface area contributed by atoms with Crippen LogP contribution in [0.1, 0.15) is 35.3 Å². The summed E-state index contributed by atoms with van der Waals surface area (Å²) in [5.74, 6) is 0.958. The van der Waals surface area contributed by atoms with Gasteiger partial charge in [0.05, 0.1) is 18.2 Å². The Labute approximate surface area is 136 Å². The third-order valence-electron chi connectivity index (χ3n) is 3.19. The molecule has 0 aliphatic heterocycles. The minimum atomic E-state index is -0.164. The van der Waals surface area contributed by atoms with Gasteiger partial charge in [-0.25, -0.2) is 0 Å².